The molecule has 0 aliphatic heterocycles. The van der Waals surface area contributed by atoms with Crippen molar-refractivity contribution in [3.8, 4) is 5.75 Å². The maximum atomic E-state index is 12.7. The molecule has 4 rings (SSSR count). The minimum absolute atomic E-state index is 0.0107. The molecule has 0 atom stereocenters. The molecule has 0 saturated heterocycles. The van der Waals surface area contributed by atoms with Crippen molar-refractivity contribution in [3.63, 3.8) is 0 Å². The fourth-order valence-electron chi connectivity index (χ4n) is 3.03. The molecule has 148 valence electrons. The highest BCUT2D eigenvalue weighted by Crippen LogP contribution is 2.30. The van der Waals surface area contributed by atoms with Crippen LogP contribution in [0.5, 0.6) is 5.75 Å². The first-order valence-electron chi connectivity index (χ1n) is 8.87. The fraction of sp³-hybridized carbons (Fsp3) is 0.143. The van der Waals surface area contributed by atoms with Crippen LogP contribution in [0.1, 0.15) is 20.9 Å². The van der Waals surface area contributed by atoms with Crippen LogP contribution in [-0.2, 0) is 6.54 Å². The summed E-state index contributed by atoms with van der Waals surface area (Å²) in [5.41, 5.74) is 2.35. The maximum Gasteiger partial charge on any atom is 0.387 e. The van der Waals surface area contributed by atoms with Crippen molar-refractivity contribution >= 4 is 33.1 Å². The second kappa shape index (κ2) is 8.00. The van der Waals surface area contributed by atoms with Gasteiger partial charge in [0.05, 0.1) is 17.1 Å². The number of aromatic nitrogens is 2. The first-order valence-corrected chi connectivity index (χ1v) is 9.68. The van der Waals surface area contributed by atoms with Crippen molar-refractivity contribution in [1.82, 2.24) is 9.78 Å². The number of thiophene rings is 1. The van der Waals surface area contributed by atoms with E-state index >= 15 is 0 Å². The SMILES string of the molecule is Cc1nn(Cc2ccccc2)c2sc(C(=O)Nc3cccc(OC(F)F)c3)cc12. The van der Waals surface area contributed by atoms with E-state index in [0.717, 1.165) is 21.5 Å². The van der Waals surface area contributed by atoms with Crippen molar-refractivity contribution in [1.29, 1.82) is 0 Å². The van der Waals surface area contributed by atoms with Gasteiger partial charge in [-0.3, -0.25) is 9.48 Å². The van der Waals surface area contributed by atoms with Crippen molar-refractivity contribution < 1.29 is 18.3 Å². The minimum atomic E-state index is -2.92. The number of nitrogens with zero attached hydrogens (tertiary/aromatic N) is 2. The molecule has 0 aliphatic rings. The van der Waals surface area contributed by atoms with Gasteiger partial charge in [-0.2, -0.15) is 13.9 Å². The minimum Gasteiger partial charge on any atom is -0.435 e. The normalized spacial score (nSPS) is 11.2. The molecule has 0 spiro atoms. The van der Waals surface area contributed by atoms with Gasteiger partial charge in [0.25, 0.3) is 5.91 Å². The molecule has 29 heavy (non-hydrogen) atoms. The molecular weight excluding hydrogens is 396 g/mol. The van der Waals surface area contributed by atoms with Gasteiger partial charge in [-0.05, 0) is 30.7 Å². The highest BCUT2D eigenvalue weighted by Gasteiger charge is 2.17. The average molecular weight is 413 g/mol. The first kappa shape index (κ1) is 19.1. The number of ether oxygens (including phenoxy) is 1. The Bertz CT molecular complexity index is 1160. The smallest absolute Gasteiger partial charge is 0.387 e. The molecule has 0 aliphatic carbocycles. The lowest BCUT2D eigenvalue weighted by atomic mass is 10.2. The Balaban J connectivity index is 1.56. The largest absolute Gasteiger partial charge is 0.435 e. The topological polar surface area (TPSA) is 56.2 Å². The van der Waals surface area contributed by atoms with Crippen molar-refractivity contribution in [2.75, 3.05) is 5.32 Å². The molecule has 0 radical (unpaired) electrons. The van der Waals surface area contributed by atoms with Gasteiger partial charge in [0.15, 0.2) is 0 Å². The number of carbonyl (C=O) groups excluding carboxylic acids is 1. The van der Waals surface area contributed by atoms with E-state index in [1.54, 1.807) is 18.2 Å². The van der Waals surface area contributed by atoms with E-state index in [9.17, 15) is 13.6 Å². The Morgan fingerprint density at radius 1 is 1.17 bits per heavy atom. The standard InChI is InChI=1S/C21H17F2N3O2S/c1-13-17-11-18(19(27)24-15-8-5-9-16(10-15)28-21(22)23)29-20(17)26(25-13)12-14-6-3-2-4-7-14/h2-11,21H,12H2,1H3,(H,24,27). The van der Waals surface area contributed by atoms with Gasteiger partial charge in [0.2, 0.25) is 0 Å². The van der Waals surface area contributed by atoms with Gasteiger partial charge < -0.3 is 10.1 Å². The monoisotopic (exact) mass is 413 g/mol. The Hall–Kier alpha value is -3.26. The molecule has 2 aromatic carbocycles. The Morgan fingerprint density at radius 2 is 1.97 bits per heavy atom. The lowest BCUT2D eigenvalue weighted by molar-refractivity contribution is -0.0497. The number of halogens is 2. The Kier molecular flexibility index (Phi) is 5.26. The summed E-state index contributed by atoms with van der Waals surface area (Å²) in [6.07, 6.45) is 0. The molecule has 0 saturated carbocycles. The van der Waals surface area contributed by atoms with Gasteiger partial charge in [-0.15, -0.1) is 11.3 Å². The number of aryl methyl sites for hydroxylation is 1. The summed E-state index contributed by atoms with van der Waals surface area (Å²) in [7, 11) is 0. The molecule has 0 bridgehead atoms. The summed E-state index contributed by atoms with van der Waals surface area (Å²) in [6, 6.07) is 17.7. The van der Waals surface area contributed by atoms with Crippen LogP contribution in [0.3, 0.4) is 0 Å². The van der Waals surface area contributed by atoms with Crippen LogP contribution in [0, 0.1) is 6.92 Å². The summed E-state index contributed by atoms with van der Waals surface area (Å²) in [5.74, 6) is -0.324. The molecule has 2 heterocycles. The van der Waals surface area contributed by atoms with Crippen LogP contribution >= 0.6 is 11.3 Å². The molecule has 0 unspecified atom stereocenters. The lowest BCUT2D eigenvalue weighted by Gasteiger charge is -2.07. The third kappa shape index (κ3) is 4.27. The molecule has 2 aromatic heterocycles. The van der Waals surface area contributed by atoms with E-state index < -0.39 is 6.61 Å². The van der Waals surface area contributed by atoms with Crippen LogP contribution < -0.4 is 10.1 Å². The zero-order valence-corrected chi connectivity index (χ0v) is 16.2. The van der Waals surface area contributed by atoms with Gasteiger partial charge >= 0.3 is 6.61 Å². The Morgan fingerprint density at radius 3 is 2.72 bits per heavy atom. The van der Waals surface area contributed by atoms with Crippen molar-refractivity contribution in [3.05, 3.63) is 76.8 Å². The summed E-state index contributed by atoms with van der Waals surface area (Å²) < 4.78 is 31.0. The summed E-state index contributed by atoms with van der Waals surface area (Å²) in [6.45, 7) is -0.401. The first-order chi connectivity index (χ1) is 14.0. The van der Waals surface area contributed by atoms with E-state index in [0.29, 0.717) is 17.1 Å². The second-order valence-corrected chi connectivity index (χ2v) is 7.45. The van der Waals surface area contributed by atoms with Crippen molar-refractivity contribution in [2.24, 2.45) is 0 Å². The lowest BCUT2D eigenvalue weighted by Crippen LogP contribution is -2.10. The maximum absolute atomic E-state index is 12.7. The summed E-state index contributed by atoms with van der Waals surface area (Å²) in [5, 5.41) is 8.23. The molecule has 4 aromatic rings. The number of amides is 1. The Labute approximate surface area is 169 Å². The number of fused-ring (bicyclic) bond motifs is 1. The number of rotatable bonds is 6. The van der Waals surface area contributed by atoms with Crippen LogP contribution in [-0.4, -0.2) is 22.3 Å². The number of nitrogens with one attached hydrogen (secondary N) is 1. The molecule has 0 fully saturated rings. The molecule has 1 N–H and O–H groups in total. The predicted molar refractivity (Wildman–Crippen MR) is 109 cm³/mol. The van der Waals surface area contributed by atoms with E-state index in [1.165, 1.54) is 23.5 Å². The molecule has 1 amide bonds. The zero-order valence-electron chi connectivity index (χ0n) is 15.4. The third-order valence-electron chi connectivity index (χ3n) is 4.32. The highest BCUT2D eigenvalue weighted by atomic mass is 32.1. The summed E-state index contributed by atoms with van der Waals surface area (Å²) >= 11 is 1.34. The highest BCUT2D eigenvalue weighted by molar-refractivity contribution is 7.20. The number of hydrogen-bond donors (Lipinski definition) is 1. The fourth-order valence-corrected chi connectivity index (χ4v) is 4.09. The van der Waals surface area contributed by atoms with Crippen LogP contribution in [0.2, 0.25) is 0 Å². The number of carbonyl (C=O) groups is 1. The molecule has 8 heteroatoms. The van der Waals surface area contributed by atoms with Gasteiger partial charge in [-0.25, -0.2) is 0 Å². The number of benzene rings is 2. The van der Waals surface area contributed by atoms with Gasteiger partial charge in [0.1, 0.15) is 10.6 Å². The average Bonchev–Trinajstić information content (AvgIpc) is 3.24. The zero-order chi connectivity index (χ0) is 20.4. The van der Waals surface area contributed by atoms with Gasteiger partial charge in [-0.1, -0.05) is 36.4 Å². The third-order valence-corrected chi connectivity index (χ3v) is 5.47. The van der Waals surface area contributed by atoms with E-state index in [4.69, 9.17) is 0 Å². The second-order valence-electron chi connectivity index (χ2n) is 6.42. The van der Waals surface area contributed by atoms with Crippen LogP contribution in [0.4, 0.5) is 14.5 Å². The molecule has 5 nitrogen and oxygen atoms in total. The van der Waals surface area contributed by atoms with E-state index in [-0.39, 0.29) is 11.7 Å². The number of hydrogen-bond acceptors (Lipinski definition) is 4. The van der Waals surface area contributed by atoms with E-state index in [1.807, 2.05) is 41.9 Å². The summed E-state index contributed by atoms with van der Waals surface area (Å²) in [4.78, 5) is 14.1. The van der Waals surface area contributed by atoms with Gasteiger partial charge in [0, 0.05) is 17.1 Å². The van der Waals surface area contributed by atoms with E-state index in [2.05, 4.69) is 15.2 Å². The van der Waals surface area contributed by atoms with Crippen LogP contribution in [0.15, 0.2) is 60.7 Å². The number of alkyl halides is 2. The molecular formula is C21H17F2N3O2S. The predicted octanol–water partition coefficient (Wildman–Crippen LogP) is 5.31. The van der Waals surface area contributed by atoms with Crippen LogP contribution in [0.25, 0.3) is 10.2 Å². The quantitative estimate of drug-likeness (QED) is 0.466. The number of anilines is 1. The van der Waals surface area contributed by atoms with Crippen molar-refractivity contribution in [2.45, 2.75) is 20.1 Å².